The topological polar surface area (TPSA) is 32.3 Å². The van der Waals surface area contributed by atoms with Crippen LogP contribution in [0, 0.1) is 6.92 Å². The molecule has 3 nitrogen and oxygen atoms in total. The summed E-state index contributed by atoms with van der Waals surface area (Å²) in [6, 6.07) is 3.74. The molecule has 1 atom stereocenters. The van der Waals surface area contributed by atoms with Crippen molar-refractivity contribution in [2.45, 2.75) is 26.1 Å². The van der Waals surface area contributed by atoms with Crippen LogP contribution in [0.1, 0.15) is 22.7 Å². The third-order valence-electron chi connectivity index (χ3n) is 2.75. The first kappa shape index (κ1) is 16.0. The van der Waals surface area contributed by atoms with Gasteiger partial charge in [0.25, 0.3) is 0 Å². The molecule has 1 N–H and O–H groups in total. The first-order chi connectivity index (χ1) is 8.70. The molecule has 0 bridgehead atoms. The van der Waals surface area contributed by atoms with Crippen LogP contribution in [0.15, 0.2) is 12.1 Å². The maximum atomic E-state index is 11.9. The van der Waals surface area contributed by atoms with E-state index >= 15 is 0 Å². The van der Waals surface area contributed by atoms with Gasteiger partial charge in [0.1, 0.15) is 0 Å². The van der Waals surface area contributed by atoms with Crippen LogP contribution in [0.4, 0.5) is 13.2 Å². The molecule has 0 radical (unpaired) electrons. The molecule has 0 aliphatic heterocycles. The lowest BCUT2D eigenvalue weighted by molar-refractivity contribution is -0.134. The van der Waals surface area contributed by atoms with E-state index in [1.165, 1.54) is 4.90 Å². The van der Waals surface area contributed by atoms with E-state index in [0.717, 1.165) is 9.75 Å². The van der Waals surface area contributed by atoms with Crippen molar-refractivity contribution < 1.29 is 18.0 Å². The molecule has 1 amide bonds. The Kier molecular flexibility index (Phi) is 5.37. The molecule has 0 spiro atoms. The largest absolute Gasteiger partial charge is 0.401 e. The molecule has 1 unspecified atom stereocenters. The van der Waals surface area contributed by atoms with E-state index in [1.807, 2.05) is 26.0 Å². The Bertz CT molecular complexity index is 431. The Morgan fingerprint density at radius 2 is 2.11 bits per heavy atom. The van der Waals surface area contributed by atoms with Crippen LogP contribution in [0.3, 0.4) is 0 Å². The first-order valence-corrected chi connectivity index (χ1v) is 6.62. The second-order valence-electron chi connectivity index (χ2n) is 4.35. The normalized spacial score (nSPS) is 13.4. The Labute approximate surface area is 114 Å². The van der Waals surface area contributed by atoms with Gasteiger partial charge in [0.2, 0.25) is 5.91 Å². The van der Waals surface area contributed by atoms with Gasteiger partial charge in [-0.1, -0.05) is 0 Å². The highest BCUT2D eigenvalue weighted by molar-refractivity contribution is 7.12. The van der Waals surface area contributed by atoms with Gasteiger partial charge in [0.15, 0.2) is 0 Å². The number of carbonyl (C=O) groups excluding carboxylic acids is 1. The van der Waals surface area contributed by atoms with Gasteiger partial charge in [-0.25, -0.2) is 0 Å². The van der Waals surface area contributed by atoms with Gasteiger partial charge in [-0.2, -0.15) is 13.2 Å². The zero-order valence-electron chi connectivity index (χ0n) is 11.0. The Morgan fingerprint density at radius 1 is 1.47 bits per heavy atom. The molecule has 0 aromatic carbocycles. The zero-order valence-corrected chi connectivity index (χ0v) is 11.9. The lowest BCUT2D eigenvalue weighted by Gasteiger charge is -2.24. The van der Waals surface area contributed by atoms with Gasteiger partial charge in [-0.15, -0.1) is 11.3 Å². The summed E-state index contributed by atoms with van der Waals surface area (Å²) in [5, 5.41) is 2.10. The summed E-state index contributed by atoms with van der Waals surface area (Å²) in [6.07, 6.45) is -4.30. The van der Waals surface area contributed by atoms with Crippen molar-refractivity contribution in [3.8, 4) is 0 Å². The third kappa shape index (κ3) is 5.20. The number of nitrogens with zero attached hydrogens (tertiary/aromatic N) is 1. The van der Waals surface area contributed by atoms with Crippen molar-refractivity contribution in [1.82, 2.24) is 10.2 Å². The summed E-state index contributed by atoms with van der Waals surface area (Å²) in [5.41, 5.74) is 0. The molecule has 1 aromatic rings. The van der Waals surface area contributed by atoms with E-state index in [0.29, 0.717) is 0 Å². The number of thiophene rings is 1. The number of halogens is 3. The maximum absolute atomic E-state index is 11.9. The van der Waals surface area contributed by atoms with Crippen molar-refractivity contribution >= 4 is 17.2 Å². The average Bonchev–Trinajstić information content (AvgIpc) is 2.72. The van der Waals surface area contributed by atoms with Crippen LogP contribution in [0.25, 0.3) is 0 Å². The molecular weight excluding hydrogens is 277 g/mol. The minimum absolute atomic E-state index is 0.140. The van der Waals surface area contributed by atoms with Crippen molar-refractivity contribution in [3.05, 3.63) is 21.9 Å². The predicted molar refractivity (Wildman–Crippen MR) is 69.2 cm³/mol. The fourth-order valence-corrected chi connectivity index (χ4v) is 2.49. The summed E-state index contributed by atoms with van der Waals surface area (Å²) in [5.74, 6) is -0.359. The number of nitrogens with one attached hydrogen (secondary N) is 1. The van der Waals surface area contributed by atoms with Gasteiger partial charge in [-0.3, -0.25) is 4.79 Å². The first-order valence-electron chi connectivity index (χ1n) is 5.80. The Morgan fingerprint density at radius 3 is 2.58 bits per heavy atom. The minimum Gasteiger partial charge on any atom is -0.337 e. The minimum atomic E-state index is -4.30. The zero-order chi connectivity index (χ0) is 14.6. The molecule has 1 aromatic heterocycles. The average molecular weight is 294 g/mol. The lowest BCUT2D eigenvalue weighted by atomic mass is 10.2. The van der Waals surface area contributed by atoms with Gasteiger partial charge >= 0.3 is 6.18 Å². The van der Waals surface area contributed by atoms with Crippen molar-refractivity contribution in [2.75, 3.05) is 20.1 Å². The molecule has 1 rings (SSSR count). The molecule has 108 valence electrons. The summed E-state index contributed by atoms with van der Waals surface area (Å²) in [6.45, 7) is 2.35. The number of carbonyl (C=O) groups is 1. The number of alkyl halides is 3. The summed E-state index contributed by atoms with van der Waals surface area (Å²) >= 11 is 1.58. The maximum Gasteiger partial charge on any atom is 0.401 e. The van der Waals surface area contributed by atoms with Crippen LogP contribution in [-0.4, -0.2) is 37.1 Å². The van der Waals surface area contributed by atoms with Crippen LogP contribution in [0.5, 0.6) is 0 Å². The van der Waals surface area contributed by atoms with Gasteiger partial charge < -0.3 is 10.2 Å². The molecule has 7 heteroatoms. The standard InChI is InChI=1S/C12H17F3N2OS/c1-8-4-5-10(19-8)9(2)17(3)11(18)6-16-7-12(13,14)15/h4-5,9,16H,6-7H2,1-3H3. The predicted octanol–water partition coefficient (Wildman–Crippen LogP) is 2.73. The van der Waals surface area contributed by atoms with Gasteiger partial charge in [-0.05, 0) is 26.0 Å². The van der Waals surface area contributed by atoms with E-state index in [9.17, 15) is 18.0 Å². The molecule has 19 heavy (non-hydrogen) atoms. The van der Waals surface area contributed by atoms with Gasteiger partial charge in [0.05, 0.1) is 19.1 Å². The number of rotatable bonds is 5. The molecule has 0 aliphatic rings. The number of hydrogen-bond acceptors (Lipinski definition) is 3. The highest BCUT2D eigenvalue weighted by Crippen LogP contribution is 2.26. The summed E-state index contributed by atoms with van der Waals surface area (Å²) in [7, 11) is 1.59. The number of aryl methyl sites for hydroxylation is 1. The smallest absolute Gasteiger partial charge is 0.337 e. The van der Waals surface area contributed by atoms with Gasteiger partial charge in [0, 0.05) is 16.8 Å². The summed E-state index contributed by atoms with van der Waals surface area (Å²) in [4.78, 5) is 15.4. The third-order valence-corrected chi connectivity index (χ3v) is 3.92. The van der Waals surface area contributed by atoms with Crippen LogP contribution in [-0.2, 0) is 4.79 Å². The fourth-order valence-electron chi connectivity index (χ4n) is 1.52. The highest BCUT2D eigenvalue weighted by atomic mass is 32.1. The molecule has 0 fully saturated rings. The van der Waals surface area contributed by atoms with E-state index in [2.05, 4.69) is 5.32 Å². The monoisotopic (exact) mass is 294 g/mol. The van der Waals surface area contributed by atoms with E-state index in [4.69, 9.17) is 0 Å². The Hall–Kier alpha value is -1.08. The number of likely N-dealkylation sites (N-methyl/N-ethyl adjacent to an activating group) is 1. The molecule has 0 aliphatic carbocycles. The Balaban J connectivity index is 2.48. The van der Waals surface area contributed by atoms with Crippen LogP contribution < -0.4 is 5.32 Å². The SMILES string of the molecule is Cc1ccc(C(C)N(C)C(=O)CNCC(F)(F)F)s1. The van der Waals surface area contributed by atoms with Crippen LogP contribution >= 0.6 is 11.3 Å². The molecular formula is C12H17F3N2OS. The van der Waals surface area contributed by atoms with E-state index < -0.39 is 12.7 Å². The highest BCUT2D eigenvalue weighted by Gasteiger charge is 2.27. The second-order valence-corrected chi connectivity index (χ2v) is 5.67. The van der Waals surface area contributed by atoms with Crippen molar-refractivity contribution in [3.63, 3.8) is 0 Å². The van der Waals surface area contributed by atoms with Crippen LogP contribution in [0.2, 0.25) is 0 Å². The summed E-state index contributed by atoms with van der Waals surface area (Å²) < 4.78 is 35.8. The molecule has 1 heterocycles. The van der Waals surface area contributed by atoms with E-state index in [1.54, 1.807) is 18.4 Å². The van der Waals surface area contributed by atoms with Crippen molar-refractivity contribution in [2.24, 2.45) is 0 Å². The van der Waals surface area contributed by atoms with Crippen molar-refractivity contribution in [1.29, 1.82) is 0 Å². The molecule has 0 saturated carbocycles. The second kappa shape index (κ2) is 6.38. The fraction of sp³-hybridized carbons (Fsp3) is 0.583. The lowest BCUT2D eigenvalue weighted by Crippen LogP contribution is -2.40. The quantitative estimate of drug-likeness (QED) is 0.905. The van der Waals surface area contributed by atoms with E-state index in [-0.39, 0.29) is 18.5 Å². The number of amides is 1. The molecule has 0 saturated heterocycles. The number of hydrogen-bond donors (Lipinski definition) is 1.